The van der Waals surface area contributed by atoms with Crippen molar-refractivity contribution in [1.29, 1.82) is 0 Å². The van der Waals surface area contributed by atoms with E-state index in [9.17, 15) is 0 Å². The van der Waals surface area contributed by atoms with Crippen LogP contribution in [-0.4, -0.2) is 41.2 Å². The fourth-order valence-electron chi connectivity index (χ4n) is 5.94. The second kappa shape index (κ2) is 11.5. The van der Waals surface area contributed by atoms with Crippen molar-refractivity contribution < 1.29 is 0 Å². The minimum Gasteiger partial charge on any atom is -0.362 e. The maximum Gasteiger partial charge on any atom is 0.225 e. The van der Waals surface area contributed by atoms with Crippen molar-refractivity contribution >= 4 is 33.6 Å². The summed E-state index contributed by atoms with van der Waals surface area (Å²) in [5, 5.41) is 9.86. The highest BCUT2D eigenvalue weighted by Crippen LogP contribution is 2.29. The van der Waals surface area contributed by atoms with Crippen LogP contribution in [0.2, 0.25) is 0 Å². The Morgan fingerprint density at radius 2 is 1.54 bits per heavy atom. The maximum absolute atomic E-state index is 4.84. The molecular weight excluding hydrogens is 480 g/mol. The van der Waals surface area contributed by atoms with Crippen LogP contribution in [0.25, 0.3) is 21.8 Å². The molecule has 0 saturated heterocycles. The predicted octanol–water partition coefficient (Wildman–Crippen LogP) is 6.46. The Hall–Kier alpha value is -3.90. The van der Waals surface area contributed by atoms with Gasteiger partial charge in [-0.05, 0) is 67.5 Å². The Balaban J connectivity index is 1.04. The number of nitrogens with zero attached hydrogens (tertiary/aromatic N) is 4. The van der Waals surface area contributed by atoms with Gasteiger partial charge < -0.3 is 20.1 Å². The van der Waals surface area contributed by atoms with E-state index in [0.29, 0.717) is 12.0 Å². The number of benzene rings is 3. The number of aromatic nitrogens is 3. The molecule has 1 fully saturated rings. The summed E-state index contributed by atoms with van der Waals surface area (Å²) in [6.45, 7) is 2.86. The van der Waals surface area contributed by atoms with Crippen LogP contribution < -0.4 is 15.5 Å². The molecule has 0 bridgehead atoms. The van der Waals surface area contributed by atoms with E-state index < -0.39 is 0 Å². The fraction of sp³-hybridized carbons (Fsp3) is 0.333. The molecule has 6 heteroatoms. The normalized spacial score (nSPS) is 17.5. The molecule has 6 nitrogen and oxygen atoms in total. The largest absolute Gasteiger partial charge is 0.362 e. The lowest BCUT2D eigenvalue weighted by Crippen LogP contribution is -2.31. The molecule has 5 aromatic rings. The van der Waals surface area contributed by atoms with Gasteiger partial charge in [0.15, 0.2) is 0 Å². The van der Waals surface area contributed by atoms with Crippen LogP contribution in [0.5, 0.6) is 0 Å². The summed E-state index contributed by atoms with van der Waals surface area (Å²) in [4.78, 5) is 11.7. The zero-order chi connectivity index (χ0) is 26.6. The summed E-state index contributed by atoms with van der Waals surface area (Å²) >= 11 is 0. The Kier molecular flexibility index (Phi) is 7.46. The van der Waals surface area contributed by atoms with Crippen molar-refractivity contribution in [3.8, 4) is 0 Å². The summed E-state index contributed by atoms with van der Waals surface area (Å²) in [5.74, 6) is 2.41. The van der Waals surface area contributed by atoms with Gasteiger partial charge in [-0.3, -0.25) is 0 Å². The van der Waals surface area contributed by atoms with Gasteiger partial charge in [0.2, 0.25) is 5.95 Å². The van der Waals surface area contributed by atoms with Crippen molar-refractivity contribution in [2.24, 2.45) is 5.92 Å². The highest BCUT2D eigenvalue weighted by atomic mass is 15.2. The molecule has 0 unspecified atom stereocenters. The van der Waals surface area contributed by atoms with Crippen molar-refractivity contribution in [2.75, 3.05) is 30.9 Å². The zero-order valence-electron chi connectivity index (χ0n) is 23.0. The second-order valence-electron chi connectivity index (χ2n) is 11.1. The molecule has 2 N–H and O–H groups in total. The first-order chi connectivity index (χ1) is 19.1. The number of anilines is 2. The number of para-hydroxylation sites is 2. The number of nitrogens with one attached hydrogen (secondary N) is 2. The third-order valence-corrected chi connectivity index (χ3v) is 8.00. The molecule has 0 spiro atoms. The Morgan fingerprint density at radius 1 is 0.821 bits per heavy atom. The van der Waals surface area contributed by atoms with Gasteiger partial charge in [0, 0.05) is 55.7 Å². The molecule has 2 aromatic heterocycles. The van der Waals surface area contributed by atoms with Gasteiger partial charge >= 0.3 is 0 Å². The summed E-state index contributed by atoms with van der Waals surface area (Å²) in [6, 6.07) is 28.1. The van der Waals surface area contributed by atoms with Crippen molar-refractivity contribution in [3.05, 3.63) is 96.2 Å². The molecule has 0 aliphatic heterocycles. The molecule has 6 rings (SSSR count). The number of rotatable bonds is 9. The van der Waals surface area contributed by atoms with Gasteiger partial charge in [-0.1, -0.05) is 60.7 Å². The topological polar surface area (TPSA) is 58.0 Å². The molecule has 200 valence electrons. The van der Waals surface area contributed by atoms with Crippen LogP contribution in [-0.2, 0) is 13.1 Å². The van der Waals surface area contributed by atoms with E-state index in [1.807, 2.05) is 26.2 Å². The van der Waals surface area contributed by atoms with E-state index in [1.54, 1.807) is 0 Å². The molecule has 2 heterocycles. The fourth-order valence-corrected chi connectivity index (χ4v) is 5.94. The maximum atomic E-state index is 4.84. The van der Waals surface area contributed by atoms with E-state index in [0.717, 1.165) is 55.1 Å². The highest BCUT2D eigenvalue weighted by Gasteiger charge is 2.22. The second-order valence-corrected chi connectivity index (χ2v) is 11.1. The van der Waals surface area contributed by atoms with E-state index in [1.165, 1.54) is 34.9 Å². The SMILES string of the molecule is CN(C)c1nc(N[C@H]2CC[C@@H](CNCc3cn(Cc4ccccc4)c4ccccc34)CC2)nc2ccccc12. The van der Waals surface area contributed by atoms with Gasteiger partial charge in [-0.25, -0.2) is 4.98 Å². The molecule has 39 heavy (non-hydrogen) atoms. The summed E-state index contributed by atoms with van der Waals surface area (Å²) < 4.78 is 2.38. The Morgan fingerprint density at radius 3 is 2.33 bits per heavy atom. The molecule has 1 saturated carbocycles. The van der Waals surface area contributed by atoms with Gasteiger partial charge in [0.05, 0.1) is 5.52 Å². The zero-order valence-corrected chi connectivity index (χ0v) is 23.0. The smallest absolute Gasteiger partial charge is 0.225 e. The first-order valence-corrected chi connectivity index (χ1v) is 14.2. The van der Waals surface area contributed by atoms with Gasteiger partial charge in [0.25, 0.3) is 0 Å². The van der Waals surface area contributed by atoms with Crippen LogP contribution in [0.3, 0.4) is 0 Å². The van der Waals surface area contributed by atoms with E-state index >= 15 is 0 Å². The lowest BCUT2D eigenvalue weighted by atomic mass is 9.86. The quantitative estimate of drug-likeness (QED) is 0.235. The monoisotopic (exact) mass is 518 g/mol. The molecule has 0 amide bonds. The minimum atomic E-state index is 0.424. The van der Waals surface area contributed by atoms with Crippen LogP contribution in [0.4, 0.5) is 11.8 Å². The lowest BCUT2D eigenvalue weighted by molar-refractivity contribution is 0.324. The average Bonchev–Trinajstić information content (AvgIpc) is 3.31. The van der Waals surface area contributed by atoms with Crippen molar-refractivity contribution in [3.63, 3.8) is 0 Å². The van der Waals surface area contributed by atoms with E-state index in [-0.39, 0.29) is 0 Å². The molecule has 3 aromatic carbocycles. The standard InChI is InChI=1S/C33H38N6/c1-38(2)32-29-13-6-8-14-30(29)36-33(37-32)35-27-18-16-24(17-19-27)20-34-21-26-23-39(22-25-10-4-3-5-11-25)31-15-9-7-12-28(26)31/h3-15,23-24,27,34H,16-22H2,1-2H3,(H,35,36,37)/t24-,27+. The van der Waals surface area contributed by atoms with E-state index in [2.05, 4.69) is 93.0 Å². The first-order valence-electron chi connectivity index (χ1n) is 14.2. The molecule has 1 aliphatic carbocycles. The number of hydrogen-bond acceptors (Lipinski definition) is 5. The highest BCUT2D eigenvalue weighted by molar-refractivity contribution is 5.90. The number of fused-ring (bicyclic) bond motifs is 2. The predicted molar refractivity (Wildman–Crippen MR) is 162 cm³/mol. The summed E-state index contributed by atoms with van der Waals surface area (Å²) in [6.07, 6.45) is 7.06. The van der Waals surface area contributed by atoms with Gasteiger partial charge in [-0.15, -0.1) is 0 Å². The molecular formula is C33H38N6. The third kappa shape index (κ3) is 5.76. The van der Waals surface area contributed by atoms with Crippen LogP contribution >= 0.6 is 0 Å². The van der Waals surface area contributed by atoms with Gasteiger partial charge in [-0.2, -0.15) is 4.98 Å². The minimum absolute atomic E-state index is 0.424. The molecule has 1 aliphatic rings. The summed E-state index contributed by atoms with van der Waals surface area (Å²) in [7, 11) is 4.08. The average molecular weight is 519 g/mol. The van der Waals surface area contributed by atoms with Gasteiger partial charge in [0.1, 0.15) is 5.82 Å². The van der Waals surface area contributed by atoms with Crippen molar-refractivity contribution in [2.45, 2.75) is 44.8 Å². The molecule has 0 atom stereocenters. The first kappa shape index (κ1) is 25.4. The van der Waals surface area contributed by atoms with Crippen LogP contribution in [0.15, 0.2) is 85.1 Å². The van der Waals surface area contributed by atoms with E-state index in [4.69, 9.17) is 9.97 Å². The van der Waals surface area contributed by atoms with Crippen LogP contribution in [0.1, 0.15) is 36.8 Å². The Bertz CT molecular complexity index is 1530. The van der Waals surface area contributed by atoms with Crippen LogP contribution in [0, 0.1) is 5.92 Å². The summed E-state index contributed by atoms with van der Waals surface area (Å²) in [5.41, 5.74) is 5.00. The molecule has 0 radical (unpaired) electrons. The Labute approximate surface area is 231 Å². The number of hydrogen-bond donors (Lipinski definition) is 2. The third-order valence-electron chi connectivity index (χ3n) is 8.00. The van der Waals surface area contributed by atoms with Crippen molar-refractivity contribution in [1.82, 2.24) is 19.9 Å². The lowest BCUT2D eigenvalue weighted by Gasteiger charge is -2.29.